The highest BCUT2D eigenvalue weighted by molar-refractivity contribution is 6.03. The molecule has 7 nitrogen and oxygen atoms in total. The summed E-state index contributed by atoms with van der Waals surface area (Å²) in [7, 11) is 0. The zero-order valence-corrected chi connectivity index (χ0v) is 18.3. The molecule has 2 atom stereocenters. The number of carboxylic acid groups (broad SMARTS) is 1. The van der Waals surface area contributed by atoms with Gasteiger partial charge in [0.15, 0.2) is 0 Å². The van der Waals surface area contributed by atoms with Crippen molar-refractivity contribution in [3.8, 4) is 0 Å². The number of alkyl carbamates (subject to hydrolysis) is 1. The topological polar surface area (TPSA) is 95.9 Å². The summed E-state index contributed by atoms with van der Waals surface area (Å²) >= 11 is 0. The number of hydrogen-bond acceptors (Lipinski definition) is 4. The Balaban J connectivity index is 1.83. The first kappa shape index (κ1) is 23.5. The molecule has 0 aliphatic carbocycles. The summed E-state index contributed by atoms with van der Waals surface area (Å²) in [5.74, 6) is -1.70. The van der Waals surface area contributed by atoms with Crippen LogP contribution in [0.1, 0.15) is 18.1 Å². The lowest BCUT2D eigenvalue weighted by Crippen LogP contribution is -2.54. The van der Waals surface area contributed by atoms with E-state index in [2.05, 4.69) is 5.32 Å². The number of carbonyl (C=O) groups is 3. The highest BCUT2D eigenvalue weighted by Crippen LogP contribution is 2.20. The molecule has 0 unspecified atom stereocenters. The number of amides is 2. The van der Waals surface area contributed by atoms with Crippen LogP contribution < -0.4 is 10.2 Å². The van der Waals surface area contributed by atoms with Crippen molar-refractivity contribution in [3.05, 3.63) is 102 Å². The maximum Gasteiger partial charge on any atom is 0.408 e. The van der Waals surface area contributed by atoms with Gasteiger partial charge in [-0.05, 0) is 30.2 Å². The third-order valence-corrected chi connectivity index (χ3v) is 5.10. The standard InChI is InChI=1S/C26H26N2O5/c1-19(25(30)31)28(22-15-9-4-10-16-22)24(29)23(17-20-11-5-2-6-12-20)27-26(32)33-18-21-13-7-3-8-14-21/h2-16,19,23H,17-18H2,1H3,(H,27,32)(H,30,31)/t19-,23-/m0/s1. The molecular formula is C26H26N2O5. The zero-order valence-electron chi connectivity index (χ0n) is 18.3. The second-order valence-corrected chi connectivity index (χ2v) is 7.51. The first-order valence-electron chi connectivity index (χ1n) is 10.6. The molecule has 2 N–H and O–H groups in total. The number of rotatable bonds is 9. The fraction of sp³-hybridized carbons (Fsp3) is 0.192. The third kappa shape index (κ3) is 6.67. The summed E-state index contributed by atoms with van der Waals surface area (Å²) in [6.45, 7) is 1.48. The lowest BCUT2D eigenvalue weighted by Gasteiger charge is -2.30. The first-order chi connectivity index (χ1) is 16.0. The van der Waals surface area contributed by atoms with E-state index in [-0.39, 0.29) is 13.0 Å². The van der Waals surface area contributed by atoms with Crippen molar-refractivity contribution in [1.29, 1.82) is 0 Å². The van der Waals surface area contributed by atoms with Crippen LogP contribution >= 0.6 is 0 Å². The van der Waals surface area contributed by atoms with Gasteiger partial charge < -0.3 is 15.2 Å². The number of nitrogens with one attached hydrogen (secondary N) is 1. The van der Waals surface area contributed by atoms with E-state index < -0.39 is 30.1 Å². The van der Waals surface area contributed by atoms with Crippen molar-refractivity contribution in [3.63, 3.8) is 0 Å². The molecule has 170 valence electrons. The molecule has 0 spiro atoms. The van der Waals surface area contributed by atoms with Gasteiger partial charge in [0.1, 0.15) is 18.7 Å². The van der Waals surface area contributed by atoms with Crippen molar-refractivity contribution in [2.45, 2.75) is 32.0 Å². The molecule has 0 heterocycles. The van der Waals surface area contributed by atoms with Crippen LogP contribution in [0.25, 0.3) is 0 Å². The second kappa shape index (κ2) is 11.5. The molecule has 0 aromatic heterocycles. The van der Waals surface area contributed by atoms with E-state index in [4.69, 9.17) is 4.74 Å². The lowest BCUT2D eigenvalue weighted by molar-refractivity contribution is -0.139. The molecular weight excluding hydrogens is 420 g/mol. The molecule has 0 aliphatic rings. The van der Waals surface area contributed by atoms with Crippen LogP contribution in [0.15, 0.2) is 91.0 Å². The Bertz CT molecular complexity index is 1060. The van der Waals surface area contributed by atoms with Gasteiger partial charge in [-0.25, -0.2) is 9.59 Å². The average molecular weight is 447 g/mol. The van der Waals surface area contributed by atoms with E-state index in [9.17, 15) is 19.5 Å². The van der Waals surface area contributed by atoms with Crippen molar-refractivity contribution in [2.75, 3.05) is 4.90 Å². The number of carboxylic acids is 1. The van der Waals surface area contributed by atoms with Crippen LogP contribution in [0.5, 0.6) is 0 Å². The number of benzene rings is 3. The maximum absolute atomic E-state index is 13.6. The van der Waals surface area contributed by atoms with E-state index in [0.29, 0.717) is 5.69 Å². The Morgan fingerprint density at radius 3 is 1.91 bits per heavy atom. The normalized spacial score (nSPS) is 12.3. The van der Waals surface area contributed by atoms with Gasteiger partial charge in [-0.15, -0.1) is 0 Å². The number of anilines is 1. The highest BCUT2D eigenvalue weighted by Gasteiger charge is 2.33. The van der Waals surface area contributed by atoms with E-state index in [1.807, 2.05) is 60.7 Å². The van der Waals surface area contributed by atoms with Gasteiger partial charge in [0.05, 0.1) is 0 Å². The summed E-state index contributed by atoms with van der Waals surface area (Å²) < 4.78 is 5.30. The van der Waals surface area contributed by atoms with Gasteiger partial charge in [-0.1, -0.05) is 78.9 Å². The van der Waals surface area contributed by atoms with Crippen molar-refractivity contribution < 1.29 is 24.2 Å². The van der Waals surface area contributed by atoms with Crippen LogP contribution in [0.2, 0.25) is 0 Å². The molecule has 7 heteroatoms. The van der Waals surface area contributed by atoms with Gasteiger partial charge in [-0.2, -0.15) is 0 Å². The number of hydrogen-bond donors (Lipinski definition) is 2. The lowest BCUT2D eigenvalue weighted by atomic mass is 10.0. The Morgan fingerprint density at radius 1 is 0.848 bits per heavy atom. The Labute approximate surface area is 192 Å². The quantitative estimate of drug-likeness (QED) is 0.517. The van der Waals surface area contributed by atoms with Crippen molar-refractivity contribution in [2.24, 2.45) is 0 Å². The Morgan fingerprint density at radius 2 is 1.36 bits per heavy atom. The summed E-state index contributed by atoms with van der Waals surface area (Å²) in [4.78, 5) is 39.1. The summed E-state index contributed by atoms with van der Waals surface area (Å²) in [6, 6.07) is 24.7. The molecule has 0 bridgehead atoms. The fourth-order valence-electron chi connectivity index (χ4n) is 3.37. The molecule has 0 fully saturated rings. The first-order valence-corrected chi connectivity index (χ1v) is 10.6. The van der Waals surface area contributed by atoms with Crippen LogP contribution in [0.3, 0.4) is 0 Å². The smallest absolute Gasteiger partial charge is 0.408 e. The van der Waals surface area contributed by atoms with E-state index in [0.717, 1.165) is 11.1 Å². The molecule has 0 saturated heterocycles. The van der Waals surface area contributed by atoms with Gasteiger partial charge >= 0.3 is 12.1 Å². The average Bonchev–Trinajstić information content (AvgIpc) is 2.84. The van der Waals surface area contributed by atoms with Gasteiger partial charge in [0.2, 0.25) is 0 Å². The maximum atomic E-state index is 13.6. The van der Waals surface area contributed by atoms with Gasteiger partial charge in [0, 0.05) is 12.1 Å². The molecule has 3 aromatic carbocycles. The highest BCUT2D eigenvalue weighted by atomic mass is 16.5. The van der Waals surface area contributed by atoms with E-state index in [1.54, 1.807) is 30.3 Å². The number of ether oxygens (including phenoxy) is 1. The van der Waals surface area contributed by atoms with Crippen LogP contribution in [-0.4, -0.2) is 35.2 Å². The van der Waals surface area contributed by atoms with E-state index >= 15 is 0 Å². The zero-order chi connectivity index (χ0) is 23.6. The van der Waals surface area contributed by atoms with Crippen LogP contribution in [-0.2, 0) is 27.4 Å². The largest absolute Gasteiger partial charge is 0.480 e. The SMILES string of the molecule is C[C@@H](C(=O)O)N(C(=O)[C@H](Cc1ccccc1)NC(=O)OCc1ccccc1)c1ccccc1. The molecule has 3 rings (SSSR count). The minimum absolute atomic E-state index is 0.0485. The Hall–Kier alpha value is -4.13. The fourth-order valence-corrected chi connectivity index (χ4v) is 3.37. The molecule has 0 saturated carbocycles. The molecule has 3 aromatic rings. The summed E-state index contributed by atoms with van der Waals surface area (Å²) in [5, 5.41) is 12.3. The van der Waals surface area contributed by atoms with Crippen molar-refractivity contribution in [1.82, 2.24) is 5.32 Å². The van der Waals surface area contributed by atoms with Gasteiger partial charge in [-0.3, -0.25) is 9.69 Å². The minimum atomic E-state index is -1.16. The third-order valence-electron chi connectivity index (χ3n) is 5.10. The summed E-state index contributed by atoms with van der Waals surface area (Å²) in [5.41, 5.74) is 2.05. The monoisotopic (exact) mass is 446 g/mol. The number of para-hydroxylation sites is 1. The number of carbonyl (C=O) groups excluding carboxylic acids is 2. The number of nitrogens with zero attached hydrogens (tertiary/aromatic N) is 1. The molecule has 0 aliphatic heterocycles. The molecule has 33 heavy (non-hydrogen) atoms. The van der Waals surface area contributed by atoms with E-state index in [1.165, 1.54) is 11.8 Å². The molecule has 2 amide bonds. The Kier molecular flexibility index (Phi) is 8.18. The molecule has 0 radical (unpaired) electrons. The van der Waals surface area contributed by atoms with Crippen molar-refractivity contribution >= 4 is 23.7 Å². The second-order valence-electron chi connectivity index (χ2n) is 7.51. The predicted molar refractivity (Wildman–Crippen MR) is 125 cm³/mol. The van der Waals surface area contributed by atoms with Crippen LogP contribution in [0, 0.1) is 0 Å². The summed E-state index contributed by atoms with van der Waals surface area (Å²) in [6.07, 6.45) is -0.584. The van der Waals surface area contributed by atoms with Crippen LogP contribution in [0.4, 0.5) is 10.5 Å². The van der Waals surface area contributed by atoms with Gasteiger partial charge in [0.25, 0.3) is 5.91 Å². The number of aliphatic carboxylic acids is 1. The minimum Gasteiger partial charge on any atom is -0.480 e. The predicted octanol–water partition coefficient (Wildman–Crippen LogP) is 4.03.